The third kappa shape index (κ3) is 4.27. The Labute approximate surface area is 98.1 Å². The molecule has 0 aromatic rings. The molecule has 0 aliphatic carbocycles. The molecule has 1 heterocycles. The molecule has 17 heavy (non-hydrogen) atoms. The zero-order valence-corrected chi connectivity index (χ0v) is 9.31. The fourth-order valence-corrected chi connectivity index (χ4v) is 1.51. The van der Waals surface area contributed by atoms with Crippen LogP contribution >= 0.6 is 0 Å². The Bertz CT molecular complexity index is 314. The van der Waals surface area contributed by atoms with Crippen LogP contribution < -0.4 is 16.4 Å². The van der Waals surface area contributed by atoms with E-state index in [1.807, 2.05) is 0 Å². The van der Waals surface area contributed by atoms with Crippen LogP contribution in [0.3, 0.4) is 0 Å². The van der Waals surface area contributed by atoms with E-state index in [2.05, 4.69) is 10.6 Å². The van der Waals surface area contributed by atoms with E-state index in [0.29, 0.717) is 26.2 Å². The van der Waals surface area contributed by atoms with Gasteiger partial charge in [-0.1, -0.05) is 0 Å². The highest BCUT2D eigenvalue weighted by atomic mass is 16.4. The Balaban J connectivity index is 2.50. The van der Waals surface area contributed by atoms with Crippen LogP contribution in [0.4, 0.5) is 4.79 Å². The van der Waals surface area contributed by atoms with Crippen molar-refractivity contribution in [3.05, 3.63) is 0 Å². The minimum absolute atomic E-state index is 0.410. The van der Waals surface area contributed by atoms with Gasteiger partial charge in [0.1, 0.15) is 6.04 Å². The van der Waals surface area contributed by atoms with E-state index >= 15 is 0 Å². The number of hydrogen-bond acceptors (Lipinski definition) is 4. The van der Waals surface area contributed by atoms with Crippen LogP contribution in [-0.2, 0) is 9.59 Å². The molecule has 1 saturated heterocycles. The summed E-state index contributed by atoms with van der Waals surface area (Å²) in [5.74, 6) is -2.04. The topological polar surface area (TPSA) is 125 Å². The van der Waals surface area contributed by atoms with Crippen molar-refractivity contribution < 1.29 is 19.5 Å². The van der Waals surface area contributed by atoms with Crippen molar-refractivity contribution in [3.63, 3.8) is 0 Å². The molecule has 1 aliphatic rings. The molecule has 1 rings (SSSR count). The number of carboxylic acid groups (broad SMARTS) is 1. The van der Waals surface area contributed by atoms with Crippen LogP contribution in [0.5, 0.6) is 0 Å². The van der Waals surface area contributed by atoms with Crippen LogP contribution in [0.2, 0.25) is 0 Å². The maximum Gasteiger partial charge on any atom is 0.326 e. The predicted molar refractivity (Wildman–Crippen MR) is 58.2 cm³/mol. The first-order valence-corrected chi connectivity index (χ1v) is 5.28. The van der Waals surface area contributed by atoms with Crippen molar-refractivity contribution in [2.75, 3.05) is 26.2 Å². The van der Waals surface area contributed by atoms with Gasteiger partial charge in [0.15, 0.2) is 0 Å². The Kier molecular flexibility index (Phi) is 4.70. The number of amides is 3. The van der Waals surface area contributed by atoms with E-state index in [4.69, 9.17) is 10.8 Å². The summed E-state index contributed by atoms with van der Waals surface area (Å²) in [6.45, 7) is 2.35. The highest BCUT2D eigenvalue weighted by Crippen LogP contribution is 1.97. The zero-order chi connectivity index (χ0) is 12.8. The average molecular weight is 244 g/mol. The number of hydrogen-bond donors (Lipinski definition) is 4. The van der Waals surface area contributed by atoms with E-state index < -0.39 is 30.4 Å². The third-order valence-corrected chi connectivity index (χ3v) is 2.41. The monoisotopic (exact) mass is 244 g/mol. The summed E-state index contributed by atoms with van der Waals surface area (Å²) in [6.07, 6.45) is -0.410. The summed E-state index contributed by atoms with van der Waals surface area (Å²) < 4.78 is 0. The molecule has 0 radical (unpaired) electrons. The lowest BCUT2D eigenvalue weighted by molar-refractivity contribution is -0.140. The molecule has 1 aliphatic heterocycles. The van der Waals surface area contributed by atoms with Crippen LogP contribution in [0.15, 0.2) is 0 Å². The summed E-state index contributed by atoms with van der Waals surface area (Å²) in [5.41, 5.74) is 4.91. The molecule has 1 atom stereocenters. The van der Waals surface area contributed by atoms with E-state index in [0.717, 1.165) is 0 Å². The SMILES string of the molecule is NC(=O)CC(NC(=O)N1CCNCC1)C(=O)O. The van der Waals surface area contributed by atoms with Gasteiger partial charge in [-0.2, -0.15) is 0 Å². The second kappa shape index (κ2) is 6.04. The molecule has 8 nitrogen and oxygen atoms in total. The number of rotatable bonds is 4. The fraction of sp³-hybridized carbons (Fsp3) is 0.667. The standard InChI is InChI=1S/C9H16N4O4/c10-7(14)5-6(8(15)16)12-9(17)13-3-1-11-2-4-13/h6,11H,1-5H2,(H2,10,14)(H,12,17)(H,15,16). The fourth-order valence-electron chi connectivity index (χ4n) is 1.51. The average Bonchev–Trinajstić information content (AvgIpc) is 2.28. The molecule has 5 N–H and O–H groups in total. The number of piperazine rings is 1. The van der Waals surface area contributed by atoms with Gasteiger partial charge in [-0.25, -0.2) is 9.59 Å². The van der Waals surface area contributed by atoms with Gasteiger partial charge in [0.25, 0.3) is 0 Å². The highest BCUT2D eigenvalue weighted by Gasteiger charge is 2.25. The normalized spacial score (nSPS) is 17.3. The Morgan fingerprint density at radius 2 is 1.94 bits per heavy atom. The van der Waals surface area contributed by atoms with E-state index in [-0.39, 0.29) is 0 Å². The van der Waals surface area contributed by atoms with Crippen molar-refractivity contribution in [2.45, 2.75) is 12.5 Å². The first-order chi connectivity index (χ1) is 8.00. The maximum atomic E-state index is 11.7. The molecule has 0 aromatic carbocycles. The number of carbonyl (C=O) groups excluding carboxylic acids is 2. The number of nitrogens with zero attached hydrogens (tertiary/aromatic N) is 1. The molecule has 0 saturated carbocycles. The van der Waals surface area contributed by atoms with Crippen LogP contribution in [-0.4, -0.2) is 60.1 Å². The van der Waals surface area contributed by atoms with Crippen molar-refractivity contribution in [2.24, 2.45) is 5.73 Å². The number of nitrogens with two attached hydrogens (primary N) is 1. The number of carbonyl (C=O) groups is 3. The van der Waals surface area contributed by atoms with Gasteiger partial charge in [-0.05, 0) is 0 Å². The smallest absolute Gasteiger partial charge is 0.326 e. The van der Waals surface area contributed by atoms with Gasteiger partial charge < -0.3 is 26.4 Å². The number of carboxylic acids is 1. The first kappa shape index (κ1) is 13.2. The quantitative estimate of drug-likeness (QED) is 0.452. The lowest BCUT2D eigenvalue weighted by Gasteiger charge is -2.28. The Hall–Kier alpha value is -1.83. The zero-order valence-electron chi connectivity index (χ0n) is 9.31. The van der Waals surface area contributed by atoms with Crippen LogP contribution in [0, 0.1) is 0 Å². The minimum Gasteiger partial charge on any atom is -0.480 e. The third-order valence-electron chi connectivity index (χ3n) is 2.41. The summed E-state index contributed by atoms with van der Waals surface area (Å²) in [4.78, 5) is 34.6. The summed E-state index contributed by atoms with van der Waals surface area (Å²) >= 11 is 0. The lowest BCUT2D eigenvalue weighted by atomic mass is 10.2. The van der Waals surface area contributed by atoms with Crippen LogP contribution in [0.25, 0.3) is 0 Å². The van der Waals surface area contributed by atoms with Gasteiger partial charge >= 0.3 is 12.0 Å². The lowest BCUT2D eigenvalue weighted by Crippen LogP contribution is -2.54. The van der Waals surface area contributed by atoms with Gasteiger partial charge in [-0.3, -0.25) is 4.79 Å². The number of aliphatic carboxylic acids is 1. The molecule has 1 unspecified atom stereocenters. The van der Waals surface area contributed by atoms with Gasteiger partial charge in [0.05, 0.1) is 6.42 Å². The first-order valence-electron chi connectivity index (χ1n) is 5.28. The van der Waals surface area contributed by atoms with Crippen molar-refractivity contribution >= 4 is 17.9 Å². The number of nitrogens with one attached hydrogen (secondary N) is 2. The van der Waals surface area contributed by atoms with E-state index in [1.165, 1.54) is 4.90 Å². The summed E-state index contributed by atoms with van der Waals surface area (Å²) in [7, 11) is 0. The Morgan fingerprint density at radius 3 is 2.41 bits per heavy atom. The molecule has 96 valence electrons. The summed E-state index contributed by atoms with van der Waals surface area (Å²) in [6, 6.07) is -1.75. The van der Waals surface area contributed by atoms with Gasteiger partial charge in [0.2, 0.25) is 5.91 Å². The maximum absolute atomic E-state index is 11.7. The molecule has 1 fully saturated rings. The molecule has 0 bridgehead atoms. The predicted octanol–water partition coefficient (Wildman–Crippen LogP) is -2.07. The second-order valence-corrected chi connectivity index (χ2v) is 3.75. The summed E-state index contributed by atoms with van der Waals surface area (Å²) in [5, 5.41) is 14.2. The van der Waals surface area contributed by atoms with Crippen LogP contribution in [0.1, 0.15) is 6.42 Å². The van der Waals surface area contributed by atoms with Crippen molar-refractivity contribution in [3.8, 4) is 0 Å². The molecular formula is C9H16N4O4. The van der Waals surface area contributed by atoms with E-state index in [1.54, 1.807) is 0 Å². The van der Waals surface area contributed by atoms with Gasteiger partial charge in [-0.15, -0.1) is 0 Å². The minimum atomic E-state index is -1.27. The highest BCUT2D eigenvalue weighted by molar-refractivity contribution is 5.87. The number of urea groups is 1. The van der Waals surface area contributed by atoms with Crippen molar-refractivity contribution in [1.82, 2.24) is 15.5 Å². The second-order valence-electron chi connectivity index (χ2n) is 3.75. The van der Waals surface area contributed by atoms with E-state index in [9.17, 15) is 14.4 Å². The Morgan fingerprint density at radius 1 is 1.35 bits per heavy atom. The van der Waals surface area contributed by atoms with Gasteiger partial charge in [0, 0.05) is 26.2 Å². The molecule has 8 heteroatoms. The molecule has 0 spiro atoms. The molecular weight excluding hydrogens is 228 g/mol. The molecule has 3 amide bonds. The van der Waals surface area contributed by atoms with Crippen molar-refractivity contribution in [1.29, 1.82) is 0 Å². The largest absolute Gasteiger partial charge is 0.480 e. The number of primary amides is 1. The molecule has 0 aromatic heterocycles.